The number of aryl methyl sites for hydroxylation is 1. The maximum atomic E-state index is 5.76. The molecule has 0 aliphatic carbocycles. The van der Waals surface area contributed by atoms with Crippen LogP contribution in [0.4, 0.5) is 5.82 Å². The zero-order chi connectivity index (χ0) is 15.2. The van der Waals surface area contributed by atoms with Gasteiger partial charge in [-0.3, -0.25) is 10.1 Å². The zero-order valence-electron chi connectivity index (χ0n) is 12.4. The number of ether oxygens (including phenoxy) is 1. The van der Waals surface area contributed by atoms with Crippen molar-refractivity contribution >= 4 is 22.4 Å². The first-order chi connectivity index (χ1) is 10.1. The van der Waals surface area contributed by atoms with Gasteiger partial charge in [-0.25, -0.2) is 0 Å². The summed E-state index contributed by atoms with van der Waals surface area (Å²) in [6, 6.07) is 6.12. The number of H-pyrrole nitrogens is 1. The number of aliphatic imine (C=N–C) groups is 1. The van der Waals surface area contributed by atoms with E-state index in [1.54, 1.807) is 19.4 Å². The smallest absolute Gasteiger partial charge is 0.153 e. The first kappa shape index (κ1) is 14.8. The van der Waals surface area contributed by atoms with Crippen LogP contribution in [0.3, 0.4) is 0 Å². The van der Waals surface area contributed by atoms with Crippen LogP contribution < -0.4 is 5.73 Å². The standard InChI is InChI=1S/C16H20N4O/c1-4-13(18-10-11(2)21-3)7-5-12-6-8-14-15(9-12)19-20-16(14)17/h4,6,8-10H,1,5,7H2,2-3H3,(H3,17,19,20)/b11-10+,18-13?. The third-order valence-electron chi connectivity index (χ3n) is 3.30. The van der Waals surface area contributed by atoms with Crippen LogP contribution in [-0.2, 0) is 11.2 Å². The number of nitrogens with zero attached hydrogens (tertiary/aromatic N) is 2. The van der Waals surface area contributed by atoms with E-state index in [1.807, 2.05) is 13.0 Å². The lowest BCUT2D eigenvalue weighted by Crippen LogP contribution is -1.96. The van der Waals surface area contributed by atoms with Crippen molar-refractivity contribution in [2.24, 2.45) is 4.99 Å². The number of nitrogens with one attached hydrogen (secondary N) is 1. The van der Waals surface area contributed by atoms with E-state index in [9.17, 15) is 0 Å². The predicted octanol–water partition coefficient (Wildman–Crippen LogP) is 3.21. The number of aromatic nitrogens is 2. The summed E-state index contributed by atoms with van der Waals surface area (Å²) >= 11 is 0. The second-order valence-corrected chi connectivity index (χ2v) is 4.76. The molecule has 21 heavy (non-hydrogen) atoms. The lowest BCUT2D eigenvalue weighted by Gasteiger charge is -2.02. The normalized spacial score (nSPS) is 12.7. The molecule has 0 saturated carbocycles. The lowest BCUT2D eigenvalue weighted by molar-refractivity contribution is 0.292. The summed E-state index contributed by atoms with van der Waals surface area (Å²) in [6.45, 7) is 5.66. The molecule has 0 atom stereocenters. The van der Waals surface area contributed by atoms with Crippen LogP contribution in [0.1, 0.15) is 18.9 Å². The first-order valence-corrected chi connectivity index (χ1v) is 6.76. The maximum absolute atomic E-state index is 5.76. The van der Waals surface area contributed by atoms with Gasteiger partial charge in [-0.05, 0) is 43.5 Å². The molecule has 0 bridgehead atoms. The molecule has 1 heterocycles. The Bertz CT molecular complexity index is 697. The minimum Gasteiger partial charge on any atom is -0.500 e. The number of benzene rings is 1. The molecular weight excluding hydrogens is 264 g/mol. The predicted molar refractivity (Wildman–Crippen MR) is 87.2 cm³/mol. The van der Waals surface area contributed by atoms with Crippen LogP contribution in [0.2, 0.25) is 0 Å². The molecule has 0 spiro atoms. The van der Waals surface area contributed by atoms with Crippen LogP contribution in [0.15, 0.2) is 47.8 Å². The lowest BCUT2D eigenvalue weighted by atomic mass is 10.1. The molecule has 1 aromatic carbocycles. The van der Waals surface area contributed by atoms with Crippen molar-refractivity contribution in [3.05, 3.63) is 48.4 Å². The van der Waals surface area contributed by atoms with E-state index >= 15 is 0 Å². The van der Waals surface area contributed by atoms with Crippen LogP contribution in [-0.4, -0.2) is 23.0 Å². The van der Waals surface area contributed by atoms with Gasteiger partial charge in [-0.15, -0.1) is 0 Å². The largest absolute Gasteiger partial charge is 0.500 e. The Balaban J connectivity index is 2.07. The Kier molecular flexibility index (Phi) is 4.77. The number of nitrogen functional groups attached to an aromatic ring is 1. The quantitative estimate of drug-likeness (QED) is 0.631. The van der Waals surface area contributed by atoms with Crippen molar-refractivity contribution in [1.82, 2.24) is 10.2 Å². The van der Waals surface area contributed by atoms with Crippen LogP contribution in [0.25, 0.3) is 10.9 Å². The summed E-state index contributed by atoms with van der Waals surface area (Å²) in [4.78, 5) is 4.37. The number of anilines is 1. The fourth-order valence-electron chi connectivity index (χ4n) is 1.96. The van der Waals surface area contributed by atoms with Crippen molar-refractivity contribution in [3.8, 4) is 0 Å². The van der Waals surface area contributed by atoms with Gasteiger partial charge in [-0.2, -0.15) is 5.10 Å². The van der Waals surface area contributed by atoms with Gasteiger partial charge in [0.2, 0.25) is 0 Å². The number of methoxy groups -OCH3 is 1. The van der Waals surface area contributed by atoms with Gasteiger partial charge in [0.25, 0.3) is 0 Å². The number of hydrogen-bond acceptors (Lipinski definition) is 4. The highest BCUT2D eigenvalue weighted by Crippen LogP contribution is 2.19. The average Bonchev–Trinajstić information content (AvgIpc) is 2.88. The number of hydrogen-bond donors (Lipinski definition) is 2. The highest BCUT2D eigenvalue weighted by molar-refractivity contribution is 5.95. The molecule has 0 aliphatic rings. The van der Waals surface area contributed by atoms with E-state index in [4.69, 9.17) is 10.5 Å². The van der Waals surface area contributed by atoms with E-state index in [0.29, 0.717) is 5.82 Å². The minimum atomic E-state index is 0.532. The van der Waals surface area contributed by atoms with Gasteiger partial charge in [0.15, 0.2) is 5.82 Å². The summed E-state index contributed by atoms with van der Waals surface area (Å²) in [5, 5.41) is 7.88. The van der Waals surface area contributed by atoms with E-state index in [-0.39, 0.29) is 0 Å². The molecular formula is C16H20N4O. The molecule has 5 heteroatoms. The molecule has 0 radical (unpaired) electrons. The third kappa shape index (κ3) is 3.72. The Hall–Kier alpha value is -2.56. The summed E-state index contributed by atoms with van der Waals surface area (Å²) < 4.78 is 5.06. The number of fused-ring (bicyclic) bond motifs is 1. The number of nitrogens with two attached hydrogens (primary N) is 1. The van der Waals surface area contributed by atoms with Crippen molar-refractivity contribution in [3.63, 3.8) is 0 Å². The maximum Gasteiger partial charge on any atom is 0.153 e. The molecule has 2 aromatic rings. The van der Waals surface area contributed by atoms with Crippen LogP contribution in [0.5, 0.6) is 0 Å². The Morgan fingerprint density at radius 2 is 2.33 bits per heavy atom. The van der Waals surface area contributed by atoms with Crippen molar-refractivity contribution < 1.29 is 4.74 Å². The van der Waals surface area contributed by atoms with E-state index in [0.717, 1.165) is 35.2 Å². The highest BCUT2D eigenvalue weighted by Gasteiger charge is 2.03. The molecule has 0 amide bonds. The Labute approximate surface area is 124 Å². The van der Waals surface area contributed by atoms with E-state index < -0.39 is 0 Å². The van der Waals surface area contributed by atoms with Crippen molar-refractivity contribution in [2.45, 2.75) is 19.8 Å². The van der Waals surface area contributed by atoms with Gasteiger partial charge in [-0.1, -0.05) is 12.6 Å². The van der Waals surface area contributed by atoms with Gasteiger partial charge in [0.05, 0.1) is 18.8 Å². The second kappa shape index (κ2) is 6.74. The second-order valence-electron chi connectivity index (χ2n) is 4.76. The molecule has 3 N–H and O–H groups in total. The number of aromatic amines is 1. The average molecular weight is 284 g/mol. The molecule has 0 aliphatic heterocycles. The summed E-state index contributed by atoms with van der Waals surface area (Å²) in [5.41, 5.74) is 8.84. The Morgan fingerprint density at radius 1 is 1.52 bits per heavy atom. The topological polar surface area (TPSA) is 76.3 Å². The Morgan fingerprint density at radius 3 is 3.05 bits per heavy atom. The molecule has 0 unspecified atom stereocenters. The van der Waals surface area contributed by atoms with E-state index in [1.165, 1.54) is 5.56 Å². The highest BCUT2D eigenvalue weighted by atomic mass is 16.5. The van der Waals surface area contributed by atoms with Gasteiger partial charge < -0.3 is 10.5 Å². The SMILES string of the molecule is C=CC(CCc1ccc2c(N)n[nH]c2c1)=N/C=C(\C)OC. The van der Waals surface area contributed by atoms with Crippen LogP contribution >= 0.6 is 0 Å². The number of rotatable bonds is 6. The molecule has 0 fully saturated rings. The van der Waals surface area contributed by atoms with Gasteiger partial charge >= 0.3 is 0 Å². The summed E-state index contributed by atoms with van der Waals surface area (Å²) in [6.07, 6.45) is 5.16. The molecule has 2 rings (SSSR count). The molecule has 0 saturated heterocycles. The van der Waals surface area contributed by atoms with Crippen LogP contribution in [0, 0.1) is 0 Å². The number of allylic oxidation sites excluding steroid dienone is 2. The fraction of sp³-hybridized carbons (Fsp3) is 0.250. The fourth-order valence-corrected chi connectivity index (χ4v) is 1.96. The molecule has 5 nitrogen and oxygen atoms in total. The summed E-state index contributed by atoms with van der Waals surface area (Å²) in [5.74, 6) is 1.30. The third-order valence-corrected chi connectivity index (χ3v) is 3.30. The minimum absolute atomic E-state index is 0.532. The van der Waals surface area contributed by atoms with Crippen molar-refractivity contribution in [1.29, 1.82) is 0 Å². The van der Waals surface area contributed by atoms with Crippen molar-refractivity contribution in [2.75, 3.05) is 12.8 Å². The van der Waals surface area contributed by atoms with Gasteiger partial charge in [0, 0.05) is 11.1 Å². The van der Waals surface area contributed by atoms with Gasteiger partial charge in [0.1, 0.15) is 5.76 Å². The first-order valence-electron chi connectivity index (χ1n) is 6.76. The zero-order valence-corrected chi connectivity index (χ0v) is 12.4. The molecule has 110 valence electrons. The van der Waals surface area contributed by atoms with E-state index in [2.05, 4.69) is 33.9 Å². The molecule has 1 aromatic heterocycles. The summed E-state index contributed by atoms with van der Waals surface area (Å²) in [7, 11) is 1.63. The monoisotopic (exact) mass is 284 g/mol.